The van der Waals surface area contributed by atoms with Crippen molar-refractivity contribution in [2.75, 3.05) is 13.2 Å². The summed E-state index contributed by atoms with van der Waals surface area (Å²) in [7, 11) is 0. The fourth-order valence-electron chi connectivity index (χ4n) is 2.60. The first-order valence-electron chi connectivity index (χ1n) is 7.49. The van der Waals surface area contributed by atoms with E-state index in [-0.39, 0.29) is 19.0 Å². The van der Waals surface area contributed by atoms with Crippen molar-refractivity contribution >= 4 is 11.9 Å². The third-order valence-electron chi connectivity index (χ3n) is 3.56. The van der Waals surface area contributed by atoms with Crippen LogP contribution in [0.25, 0.3) is 0 Å². The molecule has 0 fully saturated rings. The van der Waals surface area contributed by atoms with Crippen LogP contribution in [0.5, 0.6) is 5.75 Å². The van der Waals surface area contributed by atoms with E-state index in [1.807, 2.05) is 0 Å². The molecular formula is C17H20O6. The van der Waals surface area contributed by atoms with E-state index in [1.54, 1.807) is 32.9 Å². The Hall–Kier alpha value is -2.50. The van der Waals surface area contributed by atoms with Crippen molar-refractivity contribution in [1.29, 1.82) is 0 Å². The molecule has 0 bridgehead atoms. The maximum Gasteiger partial charge on any atom is 0.348 e. The van der Waals surface area contributed by atoms with Crippen LogP contribution in [0.15, 0.2) is 35.6 Å². The molecular weight excluding hydrogens is 300 g/mol. The number of carbonyl (C=O) groups is 2. The number of phenolic OH excluding ortho intramolecular Hbond substituents is 1. The number of ether oxygens (including phenoxy) is 3. The lowest BCUT2D eigenvalue weighted by Crippen LogP contribution is -2.30. The summed E-state index contributed by atoms with van der Waals surface area (Å²) in [5, 5.41) is 9.44. The Morgan fingerprint density at radius 2 is 1.74 bits per heavy atom. The summed E-state index contributed by atoms with van der Waals surface area (Å²) in [5.74, 6) is -1.24. The lowest BCUT2D eigenvalue weighted by Gasteiger charge is -2.19. The van der Waals surface area contributed by atoms with Crippen molar-refractivity contribution in [2.24, 2.45) is 0 Å². The molecule has 23 heavy (non-hydrogen) atoms. The van der Waals surface area contributed by atoms with Gasteiger partial charge in [-0.05, 0) is 38.5 Å². The lowest BCUT2D eigenvalue weighted by atomic mass is 9.87. The van der Waals surface area contributed by atoms with Crippen LogP contribution in [0, 0.1) is 0 Å². The molecule has 1 heterocycles. The third kappa shape index (κ3) is 3.47. The molecule has 0 saturated carbocycles. The van der Waals surface area contributed by atoms with E-state index < -0.39 is 24.0 Å². The predicted molar refractivity (Wildman–Crippen MR) is 81.7 cm³/mol. The molecule has 0 aliphatic carbocycles. The topological polar surface area (TPSA) is 82.1 Å². The first kappa shape index (κ1) is 16.9. The van der Waals surface area contributed by atoms with Gasteiger partial charge in [-0.3, -0.25) is 0 Å². The highest BCUT2D eigenvalue weighted by molar-refractivity contribution is 5.94. The fourth-order valence-corrected chi connectivity index (χ4v) is 2.60. The number of hydrogen-bond acceptors (Lipinski definition) is 6. The molecule has 0 aromatic heterocycles. The Labute approximate surface area is 134 Å². The summed E-state index contributed by atoms with van der Waals surface area (Å²) >= 11 is 0. The van der Waals surface area contributed by atoms with Crippen molar-refractivity contribution in [3.8, 4) is 5.75 Å². The number of aromatic hydroxyl groups is 1. The van der Waals surface area contributed by atoms with Gasteiger partial charge in [-0.25, -0.2) is 9.59 Å². The second-order valence-corrected chi connectivity index (χ2v) is 5.05. The van der Waals surface area contributed by atoms with Gasteiger partial charge in [0.05, 0.1) is 24.7 Å². The summed E-state index contributed by atoms with van der Waals surface area (Å²) in [5.41, 5.74) is 0.969. The van der Waals surface area contributed by atoms with Crippen LogP contribution in [0.1, 0.15) is 32.3 Å². The minimum absolute atomic E-state index is 0.0961. The highest BCUT2D eigenvalue weighted by Crippen LogP contribution is 2.40. The average Bonchev–Trinajstić information content (AvgIpc) is 2.86. The van der Waals surface area contributed by atoms with Crippen molar-refractivity contribution in [3.63, 3.8) is 0 Å². The van der Waals surface area contributed by atoms with Gasteiger partial charge in [-0.2, -0.15) is 0 Å². The van der Waals surface area contributed by atoms with Crippen LogP contribution in [0.2, 0.25) is 0 Å². The van der Waals surface area contributed by atoms with Gasteiger partial charge < -0.3 is 19.3 Å². The molecule has 1 aromatic rings. The summed E-state index contributed by atoms with van der Waals surface area (Å²) in [6.07, 6.45) is -0.945. The van der Waals surface area contributed by atoms with Crippen LogP contribution < -0.4 is 0 Å². The van der Waals surface area contributed by atoms with E-state index in [4.69, 9.17) is 14.2 Å². The molecule has 0 amide bonds. The van der Waals surface area contributed by atoms with Crippen LogP contribution >= 0.6 is 0 Å². The zero-order chi connectivity index (χ0) is 17.0. The third-order valence-corrected chi connectivity index (χ3v) is 3.56. The van der Waals surface area contributed by atoms with Gasteiger partial charge in [0.2, 0.25) is 6.10 Å². The van der Waals surface area contributed by atoms with Gasteiger partial charge >= 0.3 is 11.9 Å². The molecule has 2 atom stereocenters. The molecule has 0 spiro atoms. The van der Waals surface area contributed by atoms with Crippen LogP contribution in [0.3, 0.4) is 0 Å². The molecule has 6 heteroatoms. The molecule has 0 saturated heterocycles. The molecule has 1 aliphatic heterocycles. The van der Waals surface area contributed by atoms with Gasteiger partial charge in [0.25, 0.3) is 0 Å². The maximum absolute atomic E-state index is 12.3. The first-order chi connectivity index (χ1) is 11.0. The van der Waals surface area contributed by atoms with Crippen LogP contribution in [-0.4, -0.2) is 36.4 Å². The van der Waals surface area contributed by atoms with E-state index in [2.05, 4.69) is 0 Å². The van der Waals surface area contributed by atoms with E-state index in [9.17, 15) is 14.7 Å². The Morgan fingerprint density at radius 1 is 1.13 bits per heavy atom. The molecule has 1 N–H and O–H groups in total. The zero-order valence-electron chi connectivity index (χ0n) is 13.4. The zero-order valence-corrected chi connectivity index (χ0v) is 13.4. The quantitative estimate of drug-likeness (QED) is 0.838. The Bertz CT molecular complexity index is 616. The summed E-state index contributed by atoms with van der Waals surface area (Å²) < 4.78 is 15.7. The summed E-state index contributed by atoms with van der Waals surface area (Å²) in [6.45, 7) is 5.48. The maximum atomic E-state index is 12.3. The number of phenols is 1. The molecule has 0 radical (unpaired) electrons. The number of benzene rings is 1. The van der Waals surface area contributed by atoms with Crippen molar-refractivity contribution < 1.29 is 28.9 Å². The smallest absolute Gasteiger partial charge is 0.348 e. The number of allylic oxidation sites excluding steroid dienone is 1. The average molecular weight is 320 g/mol. The second kappa shape index (κ2) is 7.17. The van der Waals surface area contributed by atoms with Crippen LogP contribution in [-0.2, 0) is 23.8 Å². The molecule has 1 aliphatic rings. The van der Waals surface area contributed by atoms with E-state index in [0.717, 1.165) is 0 Å². The predicted octanol–water partition coefficient (Wildman–Crippen LogP) is 2.27. The number of esters is 2. The molecule has 1 aromatic carbocycles. The largest absolute Gasteiger partial charge is 0.508 e. The molecule has 124 valence electrons. The number of carbonyl (C=O) groups excluding carboxylic acids is 2. The normalized spacial score (nSPS) is 20.1. The van der Waals surface area contributed by atoms with Crippen molar-refractivity contribution in [3.05, 3.63) is 41.2 Å². The molecule has 6 nitrogen and oxygen atoms in total. The van der Waals surface area contributed by atoms with Gasteiger partial charge in [-0.15, -0.1) is 0 Å². The number of rotatable bonds is 5. The Kier molecular flexibility index (Phi) is 5.26. The van der Waals surface area contributed by atoms with E-state index in [0.29, 0.717) is 16.9 Å². The Balaban J connectivity index is 2.43. The SMILES string of the molecule is CCOC(=O)C1=C(C)O[C@H](C(=O)OCC)[C@H]1c1ccc(O)cc1. The van der Waals surface area contributed by atoms with E-state index >= 15 is 0 Å². The minimum Gasteiger partial charge on any atom is -0.508 e. The standard InChI is InChI=1S/C17H20O6/c1-4-21-16(19)13-10(3)23-15(17(20)22-5-2)14(13)11-6-8-12(18)9-7-11/h6-9,14-15,18H,4-5H2,1-3H3/t14-,15-/m0/s1. The van der Waals surface area contributed by atoms with Gasteiger partial charge in [-0.1, -0.05) is 12.1 Å². The Morgan fingerprint density at radius 3 is 2.30 bits per heavy atom. The number of hydrogen-bond donors (Lipinski definition) is 1. The van der Waals surface area contributed by atoms with Crippen molar-refractivity contribution in [1.82, 2.24) is 0 Å². The van der Waals surface area contributed by atoms with E-state index in [1.165, 1.54) is 12.1 Å². The monoisotopic (exact) mass is 320 g/mol. The van der Waals surface area contributed by atoms with Gasteiger partial charge in [0.15, 0.2) is 0 Å². The molecule has 0 unspecified atom stereocenters. The van der Waals surface area contributed by atoms with Gasteiger partial charge in [0.1, 0.15) is 11.5 Å². The highest BCUT2D eigenvalue weighted by Gasteiger charge is 2.45. The van der Waals surface area contributed by atoms with Crippen molar-refractivity contribution in [2.45, 2.75) is 32.8 Å². The highest BCUT2D eigenvalue weighted by atomic mass is 16.6. The summed E-state index contributed by atoms with van der Waals surface area (Å²) in [4.78, 5) is 24.5. The lowest BCUT2D eigenvalue weighted by molar-refractivity contribution is -0.153. The minimum atomic E-state index is -0.945. The summed E-state index contributed by atoms with van der Waals surface area (Å²) in [6, 6.07) is 6.28. The fraction of sp³-hybridized carbons (Fsp3) is 0.412. The second-order valence-electron chi connectivity index (χ2n) is 5.05. The molecule has 2 rings (SSSR count). The van der Waals surface area contributed by atoms with Gasteiger partial charge in [0, 0.05) is 0 Å². The first-order valence-corrected chi connectivity index (χ1v) is 7.49. The van der Waals surface area contributed by atoms with Crippen LogP contribution in [0.4, 0.5) is 0 Å².